The van der Waals surface area contributed by atoms with Crippen molar-refractivity contribution in [1.82, 2.24) is 9.97 Å². The topological polar surface area (TPSA) is 64.1 Å². The fraction of sp³-hybridized carbons (Fsp3) is 0.500. The van der Waals surface area contributed by atoms with Crippen LogP contribution in [0.4, 0.5) is 5.82 Å². The van der Waals surface area contributed by atoms with Crippen LogP contribution < -0.4 is 5.32 Å². The Balaban J connectivity index is 2.25. The maximum atomic E-state index is 11.3. The fourth-order valence-corrected chi connectivity index (χ4v) is 0.956. The molecule has 5 heteroatoms. The average molecular weight is 209 g/mol. The van der Waals surface area contributed by atoms with Gasteiger partial charge in [-0.15, -0.1) is 0 Å². The second-order valence-electron chi connectivity index (χ2n) is 3.31. The first-order chi connectivity index (χ1) is 7.18. The van der Waals surface area contributed by atoms with Gasteiger partial charge in [-0.25, -0.2) is 4.98 Å². The molecule has 15 heavy (non-hydrogen) atoms. The zero-order valence-corrected chi connectivity index (χ0v) is 8.93. The summed E-state index contributed by atoms with van der Waals surface area (Å²) < 4.78 is 5.25. The van der Waals surface area contributed by atoms with Gasteiger partial charge in [0, 0.05) is 12.4 Å². The first-order valence-electron chi connectivity index (χ1n) is 4.86. The first kappa shape index (κ1) is 11.6. The largest absolute Gasteiger partial charge is 0.378 e. The highest BCUT2D eigenvalue weighted by molar-refractivity contribution is 5.89. The van der Waals surface area contributed by atoms with Crippen molar-refractivity contribution in [2.75, 3.05) is 11.9 Å². The minimum Gasteiger partial charge on any atom is -0.378 e. The SMILES string of the molecule is CC(C)OCCC(=O)Nc1cnccn1. The van der Waals surface area contributed by atoms with Crippen molar-refractivity contribution in [3.63, 3.8) is 0 Å². The Labute approximate surface area is 88.9 Å². The van der Waals surface area contributed by atoms with Crippen LogP contribution >= 0.6 is 0 Å². The zero-order valence-electron chi connectivity index (χ0n) is 8.93. The highest BCUT2D eigenvalue weighted by atomic mass is 16.5. The molecule has 1 amide bonds. The Morgan fingerprint density at radius 3 is 2.93 bits per heavy atom. The molecule has 0 aliphatic rings. The van der Waals surface area contributed by atoms with E-state index in [1.165, 1.54) is 12.4 Å². The maximum Gasteiger partial charge on any atom is 0.227 e. The van der Waals surface area contributed by atoms with Crippen LogP contribution in [-0.2, 0) is 9.53 Å². The predicted octanol–water partition coefficient (Wildman–Crippen LogP) is 1.23. The zero-order chi connectivity index (χ0) is 11.1. The standard InChI is InChI=1S/C10H15N3O2/c1-8(2)15-6-3-10(14)13-9-7-11-4-5-12-9/h4-5,7-8H,3,6H2,1-2H3,(H,12,13,14). The summed E-state index contributed by atoms with van der Waals surface area (Å²) in [5.74, 6) is 0.350. The van der Waals surface area contributed by atoms with Crippen LogP contribution in [0, 0.1) is 0 Å². The van der Waals surface area contributed by atoms with Crippen LogP contribution in [0.15, 0.2) is 18.6 Å². The van der Waals surface area contributed by atoms with Gasteiger partial charge in [0.1, 0.15) is 0 Å². The van der Waals surface area contributed by atoms with Gasteiger partial charge in [-0.05, 0) is 13.8 Å². The minimum atomic E-state index is -0.115. The summed E-state index contributed by atoms with van der Waals surface area (Å²) in [6.45, 7) is 4.28. The lowest BCUT2D eigenvalue weighted by molar-refractivity contribution is -0.117. The monoisotopic (exact) mass is 209 g/mol. The molecular weight excluding hydrogens is 194 g/mol. The van der Waals surface area contributed by atoms with Crippen molar-refractivity contribution in [2.24, 2.45) is 0 Å². The Bertz CT molecular complexity index is 301. The quantitative estimate of drug-likeness (QED) is 0.792. The average Bonchev–Trinajstić information content (AvgIpc) is 2.18. The molecule has 0 fully saturated rings. The Morgan fingerprint density at radius 2 is 2.33 bits per heavy atom. The van der Waals surface area contributed by atoms with Gasteiger partial charge in [0.25, 0.3) is 0 Å². The number of anilines is 1. The molecule has 0 aliphatic carbocycles. The van der Waals surface area contributed by atoms with Gasteiger partial charge in [0.15, 0.2) is 5.82 Å². The smallest absolute Gasteiger partial charge is 0.227 e. The number of rotatable bonds is 5. The van der Waals surface area contributed by atoms with E-state index in [0.717, 1.165) is 0 Å². The van der Waals surface area contributed by atoms with E-state index in [4.69, 9.17) is 4.74 Å². The van der Waals surface area contributed by atoms with Crippen molar-refractivity contribution < 1.29 is 9.53 Å². The van der Waals surface area contributed by atoms with Crippen LogP contribution in [0.25, 0.3) is 0 Å². The van der Waals surface area contributed by atoms with Crippen molar-refractivity contribution in [3.05, 3.63) is 18.6 Å². The molecule has 0 aliphatic heterocycles. The Hall–Kier alpha value is -1.49. The van der Waals surface area contributed by atoms with E-state index in [0.29, 0.717) is 18.8 Å². The maximum absolute atomic E-state index is 11.3. The molecule has 5 nitrogen and oxygen atoms in total. The Kier molecular flexibility index (Phi) is 4.70. The third-order valence-corrected chi connectivity index (χ3v) is 1.61. The van der Waals surface area contributed by atoms with Gasteiger partial charge in [-0.1, -0.05) is 0 Å². The molecule has 1 N–H and O–H groups in total. The second-order valence-corrected chi connectivity index (χ2v) is 3.31. The van der Waals surface area contributed by atoms with Gasteiger partial charge in [0.05, 0.1) is 25.3 Å². The summed E-state index contributed by atoms with van der Waals surface area (Å²) in [5, 5.41) is 2.62. The molecule has 1 aromatic heterocycles. The summed E-state index contributed by atoms with van der Waals surface area (Å²) in [6.07, 6.45) is 5.06. The Morgan fingerprint density at radius 1 is 1.53 bits per heavy atom. The third-order valence-electron chi connectivity index (χ3n) is 1.61. The second kappa shape index (κ2) is 6.08. The van der Waals surface area contributed by atoms with Gasteiger partial charge < -0.3 is 10.1 Å². The summed E-state index contributed by atoms with van der Waals surface area (Å²) in [4.78, 5) is 19.1. The molecular formula is C10H15N3O2. The molecule has 1 heterocycles. The molecule has 0 aromatic carbocycles. The third kappa shape index (κ3) is 5.07. The molecule has 1 rings (SSSR count). The lowest BCUT2D eigenvalue weighted by Crippen LogP contribution is -2.16. The molecule has 82 valence electrons. The van der Waals surface area contributed by atoms with Gasteiger partial charge >= 0.3 is 0 Å². The number of hydrogen-bond donors (Lipinski definition) is 1. The molecule has 0 unspecified atom stereocenters. The molecule has 0 saturated carbocycles. The van der Waals surface area contributed by atoms with Crippen molar-refractivity contribution >= 4 is 11.7 Å². The van der Waals surface area contributed by atoms with Crippen LogP contribution in [0.2, 0.25) is 0 Å². The molecule has 0 spiro atoms. The molecule has 0 radical (unpaired) electrons. The van der Waals surface area contributed by atoms with Gasteiger partial charge in [-0.2, -0.15) is 0 Å². The van der Waals surface area contributed by atoms with E-state index in [1.54, 1.807) is 6.20 Å². The molecule has 1 aromatic rings. The summed E-state index contributed by atoms with van der Waals surface area (Å²) in [5.41, 5.74) is 0. The molecule has 0 atom stereocenters. The van der Waals surface area contributed by atoms with Gasteiger partial charge in [-0.3, -0.25) is 9.78 Å². The first-order valence-corrected chi connectivity index (χ1v) is 4.86. The lowest BCUT2D eigenvalue weighted by atomic mass is 10.4. The van der Waals surface area contributed by atoms with E-state index < -0.39 is 0 Å². The highest BCUT2D eigenvalue weighted by Gasteiger charge is 2.03. The van der Waals surface area contributed by atoms with Crippen molar-refractivity contribution in [3.8, 4) is 0 Å². The number of aromatic nitrogens is 2. The summed E-state index contributed by atoms with van der Waals surface area (Å²) in [6, 6.07) is 0. The van der Waals surface area contributed by atoms with Crippen molar-refractivity contribution in [1.29, 1.82) is 0 Å². The summed E-state index contributed by atoms with van der Waals surface area (Å²) >= 11 is 0. The lowest BCUT2D eigenvalue weighted by Gasteiger charge is -2.07. The van der Waals surface area contributed by atoms with E-state index in [2.05, 4.69) is 15.3 Å². The number of nitrogens with one attached hydrogen (secondary N) is 1. The van der Waals surface area contributed by atoms with E-state index in [1.807, 2.05) is 13.8 Å². The number of ether oxygens (including phenoxy) is 1. The number of nitrogens with zero attached hydrogens (tertiary/aromatic N) is 2. The van der Waals surface area contributed by atoms with Crippen molar-refractivity contribution in [2.45, 2.75) is 26.4 Å². The van der Waals surface area contributed by atoms with Gasteiger partial charge in [0.2, 0.25) is 5.91 Å². The van der Waals surface area contributed by atoms with Crippen LogP contribution in [0.3, 0.4) is 0 Å². The number of amides is 1. The summed E-state index contributed by atoms with van der Waals surface area (Å²) in [7, 11) is 0. The van der Waals surface area contributed by atoms with Crippen LogP contribution in [0.5, 0.6) is 0 Å². The number of carbonyl (C=O) groups is 1. The van der Waals surface area contributed by atoms with E-state index >= 15 is 0 Å². The minimum absolute atomic E-state index is 0.115. The predicted molar refractivity (Wildman–Crippen MR) is 56.4 cm³/mol. The number of hydrogen-bond acceptors (Lipinski definition) is 4. The molecule has 0 bridgehead atoms. The normalized spacial score (nSPS) is 10.3. The van der Waals surface area contributed by atoms with Crippen LogP contribution in [-0.4, -0.2) is 28.6 Å². The van der Waals surface area contributed by atoms with E-state index in [9.17, 15) is 4.79 Å². The van der Waals surface area contributed by atoms with E-state index in [-0.39, 0.29) is 12.0 Å². The highest BCUT2D eigenvalue weighted by Crippen LogP contribution is 1.98. The molecule has 0 saturated heterocycles. The number of carbonyl (C=O) groups excluding carboxylic acids is 1. The fourth-order valence-electron chi connectivity index (χ4n) is 0.956. The van der Waals surface area contributed by atoms with Crippen LogP contribution in [0.1, 0.15) is 20.3 Å².